The van der Waals surface area contributed by atoms with Crippen LogP contribution in [0.3, 0.4) is 0 Å². The van der Waals surface area contributed by atoms with Crippen molar-refractivity contribution in [1.29, 1.82) is 0 Å². The third-order valence-corrected chi connectivity index (χ3v) is 4.97. The van der Waals surface area contributed by atoms with Crippen LogP contribution in [-0.2, 0) is 6.42 Å². The standard InChI is InChI=1S/C15H19N5O2S/c1-2-12-18-8-11(23-12)14(21)19-10-4-3-7-20(9-10)13-15(22)17-6-5-16-13/h5-6,8,10H,2-4,7,9H2,1H3,(H,17,22)(H,19,21)/t10-/m0/s1. The van der Waals surface area contributed by atoms with Crippen LogP contribution in [0.5, 0.6) is 0 Å². The Morgan fingerprint density at radius 2 is 2.39 bits per heavy atom. The van der Waals surface area contributed by atoms with Crippen LogP contribution in [0.2, 0.25) is 0 Å². The van der Waals surface area contributed by atoms with E-state index in [-0.39, 0.29) is 17.5 Å². The van der Waals surface area contributed by atoms with E-state index < -0.39 is 0 Å². The molecular weight excluding hydrogens is 314 g/mol. The summed E-state index contributed by atoms with van der Waals surface area (Å²) >= 11 is 1.43. The molecule has 0 aliphatic carbocycles. The molecule has 2 aromatic heterocycles. The van der Waals surface area contributed by atoms with E-state index in [0.717, 1.165) is 30.8 Å². The molecule has 8 heteroatoms. The Morgan fingerprint density at radius 3 is 3.13 bits per heavy atom. The largest absolute Gasteiger partial charge is 0.350 e. The maximum absolute atomic E-state index is 12.3. The highest BCUT2D eigenvalue weighted by Gasteiger charge is 2.24. The fourth-order valence-electron chi connectivity index (χ4n) is 2.69. The SMILES string of the molecule is CCc1ncc(C(=O)N[C@H]2CCCN(c3ncc[nH]c3=O)C2)s1. The Morgan fingerprint density at radius 1 is 1.52 bits per heavy atom. The molecule has 1 fully saturated rings. The molecule has 0 saturated carbocycles. The van der Waals surface area contributed by atoms with Crippen LogP contribution in [0.1, 0.15) is 34.4 Å². The molecule has 122 valence electrons. The van der Waals surface area contributed by atoms with Gasteiger partial charge in [-0.1, -0.05) is 6.92 Å². The van der Waals surface area contributed by atoms with Crippen molar-refractivity contribution < 1.29 is 4.79 Å². The Kier molecular flexibility index (Phi) is 4.71. The topological polar surface area (TPSA) is 91.0 Å². The van der Waals surface area contributed by atoms with Crippen molar-refractivity contribution in [1.82, 2.24) is 20.3 Å². The van der Waals surface area contributed by atoms with Gasteiger partial charge in [-0.3, -0.25) is 9.59 Å². The third kappa shape index (κ3) is 3.58. The molecule has 2 aromatic rings. The van der Waals surface area contributed by atoms with Crippen LogP contribution in [0.25, 0.3) is 0 Å². The average molecular weight is 333 g/mol. The molecule has 1 aliphatic rings. The summed E-state index contributed by atoms with van der Waals surface area (Å²) in [5.74, 6) is 0.321. The van der Waals surface area contributed by atoms with Crippen LogP contribution in [0.4, 0.5) is 5.82 Å². The summed E-state index contributed by atoms with van der Waals surface area (Å²) < 4.78 is 0. The molecule has 2 N–H and O–H groups in total. The van der Waals surface area contributed by atoms with E-state index in [4.69, 9.17) is 0 Å². The number of carbonyl (C=O) groups excluding carboxylic acids is 1. The highest BCUT2D eigenvalue weighted by Crippen LogP contribution is 2.17. The molecule has 0 radical (unpaired) electrons. The van der Waals surface area contributed by atoms with Gasteiger partial charge in [-0.15, -0.1) is 11.3 Å². The number of hydrogen-bond acceptors (Lipinski definition) is 6. The molecule has 0 aromatic carbocycles. The van der Waals surface area contributed by atoms with Crippen molar-refractivity contribution in [3.8, 4) is 0 Å². The summed E-state index contributed by atoms with van der Waals surface area (Å²) in [5, 5.41) is 4.00. The smallest absolute Gasteiger partial charge is 0.290 e. The fourth-order valence-corrected chi connectivity index (χ4v) is 3.45. The number of nitrogens with zero attached hydrogens (tertiary/aromatic N) is 3. The van der Waals surface area contributed by atoms with Gasteiger partial charge in [0.1, 0.15) is 4.88 Å². The van der Waals surface area contributed by atoms with Gasteiger partial charge >= 0.3 is 0 Å². The van der Waals surface area contributed by atoms with E-state index in [0.29, 0.717) is 17.2 Å². The van der Waals surface area contributed by atoms with Crippen LogP contribution in [0.15, 0.2) is 23.4 Å². The lowest BCUT2D eigenvalue weighted by Crippen LogP contribution is -2.49. The lowest BCUT2D eigenvalue weighted by atomic mass is 10.1. The summed E-state index contributed by atoms with van der Waals surface area (Å²) in [5.41, 5.74) is -0.200. The Balaban J connectivity index is 1.66. The minimum Gasteiger partial charge on any atom is -0.350 e. The summed E-state index contributed by atoms with van der Waals surface area (Å²) in [4.78, 5) is 37.7. The van der Waals surface area contributed by atoms with Crippen molar-refractivity contribution in [2.45, 2.75) is 32.2 Å². The van der Waals surface area contributed by atoms with E-state index in [9.17, 15) is 9.59 Å². The second-order valence-corrected chi connectivity index (χ2v) is 6.59. The minimum absolute atomic E-state index is 0.00447. The number of thiazole rings is 1. The van der Waals surface area contributed by atoms with Gasteiger partial charge in [-0.05, 0) is 19.3 Å². The second kappa shape index (κ2) is 6.91. The number of amides is 1. The first kappa shape index (κ1) is 15.7. The number of aryl methyl sites for hydroxylation is 1. The fraction of sp³-hybridized carbons (Fsp3) is 0.467. The Bertz CT molecular complexity index is 741. The lowest BCUT2D eigenvalue weighted by Gasteiger charge is -2.33. The second-order valence-electron chi connectivity index (χ2n) is 5.47. The molecule has 3 rings (SSSR count). The van der Waals surface area contributed by atoms with E-state index in [2.05, 4.69) is 20.3 Å². The van der Waals surface area contributed by atoms with Crippen LogP contribution in [-0.4, -0.2) is 40.0 Å². The van der Waals surface area contributed by atoms with Gasteiger partial charge in [0.25, 0.3) is 11.5 Å². The van der Waals surface area contributed by atoms with Gasteiger partial charge in [0, 0.05) is 31.5 Å². The van der Waals surface area contributed by atoms with Gasteiger partial charge in [0.2, 0.25) is 0 Å². The van der Waals surface area contributed by atoms with Crippen molar-refractivity contribution in [3.63, 3.8) is 0 Å². The summed E-state index contributed by atoms with van der Waals surface area (Å²) in [7, 11) is 0. The summed E-state index contributed by atoms with van der Waals surface area (Å²) in [6, 6.07) is 0.00447. The predicted molar refractivity (Wildman–Crippen MR) is 89.1 cm³/mol. The zero-order chi connectivity index (χ0) is 16.2. The quantitative estimate of drug-likeness (QED) is 0.877. The normalized spacial score (nSPS) is 18.0. The van der Waals surface area contributed by atoms with Gasteiger partial charge in [0.05, 0.1) is 11.2 Å². The molecule has 1 atom stereocenters. The summed E-state index contributed by atoms with van der Waals surface area (Å²) in [6.45, 7) is 3.38. The molecule has 0 spiro atoms. The molecular formula is C15H19N5O2S. The average Bonchev–Trinajstić information content (AvgIpc) is 3.05. The van der Waals surface area contributed by atoms with E-state index >= 15 is 0 Å². The van der Waals surface area contributed by atoms with Gasteiger partial charge in [0.15, 0.2) is 5.82 Å². The monoisotopic (exact) mass is 333 g/mol. The number of hydrogen-bond donors (Lipinski definition) is 2. The number of anilines is 1. The number of aromatic amines is 1. The maximum Gasteiger partial charge on any atom is 0.290 e. The molecule has 23 heavy (non-hydrogen) atoms. The summed E-state index contributed by atoms with van der Waals surface area (Å²) in [6.07, 6.45) is 7.35. The molecule has 0 unspecified atom stereocenters. The number of aromatic nitrogens is 3. The lowest BCUT2D eigenvalue weighted by molar-refractivity contribution is 0.0937. The zero-order valence-corrected chi connectivity index (χ0v) is 13.7. The van der Waals surface area contributed by atoms with E-state index in [1.165, 1.54) is 17.5 Å². The van der Waals surface area contributed by atoms with Crippen LogP contribution in [0, 0.1) is 0 Å². The molecule has 7 nitrogen and oxygen atoms in total. The Labute approximate surface area is 137 Å². The molecule has 1 saturated heterocycles. The molecule has 1 amide bonds. The Hall–Kier alpha value is -2.22. The van der Waals surface area contributed by atoms with Crippen molar-refractivity contribution >= 4 is 23.1 Å². The van der Waals surface area contributed by atoms with Crippen molar-refractivity contribution in [3.05, 3.63) is 38.8 Å². The van der Waals surface area contributed by atoms with Crippen LogP contribution < -0.4 is 15.8 Å². The van der Waals surface area contributed by atoms with Crippen molar-refractivity contribution in [2.24, 2.45) is 0 Å². The molecule has 1 aliphatic heterocycles. The highest BCUT2D eigenvalue weighted by molar-refractivity contribution is 7.13. The molecule has 0 bridgehead atoms. The van der Waals surface area contributed by atoms with Gasteiger partial charge < -0.3 is 15.2 Å². The zero-order valence-electron chi connectivity index (χ0n) is 12.9. The van der Waals surface area contributed by atoms with Crippen LogP contribution >= 0.6 is 11.3 Å². The minimum atomic E-state index is -0.200. The first-order valence-corrected chi connectivity index (χ1v) is 8.53. The van der Waals surface area contributed by atoms with Crippen molar-refractivity contribution in [2.75, 3.05) is 18.0 Å². The van der Waals surface area contributed by atoms with E-state index in [1.54, 1.807) is 12.4 Å². The van der Waals surface area contributed by atoms with Gasteiger partial charge in [-0.2, -0.15) is 0 Å². The first-order valence-electron chi connectivity index (χ1n) is 7.71. The number of piperidine rings is 1. The number of carbonyl (C=O) groups is 1. The third-order valence-electron chi connectivity index (χ3n) is 3.82. The highest BCUT2D eigenvalue weighted by atomic mass is 32.1. The number of nitrogens with one attached hydrogen (secondary N) is 2. The maximum atomic E-state index is 12.3. The first-order chi connectivity index (χ1) is 11.2. The number of rotatable bonds is 4. The van der Waals surface area contributed by atoms with E-state index in [1.807, 2.05) is 11.8 Å². The van der Waals surface area contributed by atoms with Gasteiger partial charge in [-0.25, -0.2) is 9.97 Å². The molecule has 3 heterocycles. The predicted octanol–water partition coefficient (Wildman–Crippen LogP) is 1.19. The number of H-pyrrole nitrogens is 1.